The smallest absolute Gasteiger partial charge is 0.233 e. The molecule has 4 rings (SSSR count). The lowest BCUT2D eigenvalue weighted by molar-refractivity contribution is -0.136. The molecule has 1 atom stereocenters. The lowest BCUT2D eigenvalue weighted by atomic mass is 10.1. The van der Waals surface area contributed by atoms with Gasteiger partial charge in [-0.2, -0.15) is 0 Å². The van der Waals surface area contributed by atoms with E-state index in [1.54, 1.807) is 23.4 Å². The first kappa shape index (κ1) is 18.6. The summed E-state index contributed by atoms with van der Waals surface area (Å²) in [6.45, 7) is 1.46. The average molecular weight is 398 g/mol. The van der Waals surface area contributed by atoms with Gasteiger partial charge in [-0.1, -0.05) is 42.1 Å². The lowest BCUT2D eigenvalue weighted by Crippen LogP contribution is -2.43. The van der Waals surface area contributed by atoms with E-state index >= 15 is 0 Å². The zero-order chi connectivity index (χ0) is 19.3. The van der Waals surface area contributed by atoms with Crippen molar-refractivity contribution in [3.63, 3.8) is 0 Å². The highest BCUT2D eigenvalue weighted by Crippen LogP contribution is 2.24. The number of aromatic nitrogens is 3. The molecule has 0 N–H and O–H groups in total. The Hall–Kier alpha value is -2.71. The second kappa shape index (κ2) is 8.53. The summed E-state index contributed by atoms with van der Waals surface area (Å²) in [5.41, 5.74) is 1.82. The molecule has 0 aliphatic carbocycles. The Morgan fingerprint density at radius 3 is 2.75 bits per heavy atom. The summed E-state index contributed by atoms with van der Waals surface area (Å²) in [5, 5.41) is 8.76. The molecule has 1 saturated heterocycles. The van der Waals surface area contributed by atoms with Crippen LogP contribution in [0, 0.1) is 5.82 Å². The van der Waals surface area contributed by atoms with Crippen LogP contribution in [0.5, 0.6) is 0 Å². The first-order valence-electron chi connectivity index (χ1n) is 8.94. The monoisotopic (exact) mass is 398 g/mol. The predicted molar refractivity (Wildman–Crippen MR) is 104 cm³/mol. The van der Waals surface area contributed by atoms with Crippen LogP contribution in [0.4, 0.5) is 4.39 Å². The second-order valence-corrected chi connectivity index (χ2v) is 7.30. The molecule has 0 saturated carbocycles. The van der Waals surface area contributed by atoms with E-state index < -0.39 is 0 Å². The molecule has 144 valence electrons. The van der Waals surface area contributed by atoms with Crippen LogP contribution >= 0.6 is 11.8 Å². The van der Waals surface area contributed by atoms with E-state index in [1.807, 2.05) is 34.9 Å². The zero-order valence-corrected chi connectivity index (χ0v) is 15.9. The Kier molecular flexibility index (Phi) is 5.68. The topological polar surface area (TPSA) is 60.2 Å². The molecule has 0 bridgehead atoms. The fraction of sp³-hybridized carbons (Fsp3) is 0.250. The largest absolute Gasteiger partial charge is 0.370 e. The lowest BCUT2D eigenvalue weighted by Gasteiger charge is -2.33. The van der Waals surface area contributed by atoms with Crippen LogP contribution in [-0.4, -0.2) is 51.0 Å². The van der Waals surface area contributed by atoms with Crippen molar-refractivity contribution >= 4 is 17.7 Å². The van der Waals surface area contributed by atoms with Gasteiger partial charge < -0.3 is 9.64 Å². The molecule has 2 heterocycles. The predicted octanol–water partition coefficient (Wildman–Crippen LogP) is 3.10. The Balaban J connectivity index is 1.38. The highest BCUT2D eigenvalue weighted by atomic mass is 32.2. The molecular weight excluding hydrogens is 379 g/mol. The Morgan fingerprint density at radius 2 is 1.96 bits per heavy atom. The Labute approximate surface area is 166 Å². The molecular formula is C20H19FN4O2S. The summed E-state index contributed by atoms with van der Waals surface area (Å²) in [6.07, 6.45) is 1.40. The molecule has 0 spiro atoms. The number of halogens is 1. The molecule has 0 radical (unpaired) electrons. The molecule has 1 unspecified atom stereocenters. The molecule has 1 amide bonds. The van der Waals surface area contributed by atoms with Gasteiger partial charge in [-0.3, -0.25) is 9.36 Å². The van der Waals surface area contributed by atoms with Crippen molar-refractivity contribution in [3.05, 3.63) is 72.3 Å². The Bertz CT molecular complexity index is 933. The number of rotatable bonds is 5. The summed E-state index contributed by atoms with van der Waals surface area (Å²) in [5.74, 6) is -0.00349. The number of carbonyl (C=O) groups excluding carboxylic acids is 1. The van der Waals surface area contributed by atoms with E-state index in [0.717, 1.165) is 11.3 Å². The van der Waals surface area contributed by atoms with Crippen LogP contribution in [-0.2, 0) is 9.53 Å². The van der Waals surface area contributed by atoms with Gasteiger partial charge in [0.25, 0.3) is 0 Å². The molecule has 2 aromatic carbocycles. The summed E-state index contributed by atoms with van der Waals surface area (Å²) >= 11 is 1.36. The average Bonchev–Trinajstić information content (AvgIpc) is 3.22. The minimum Gasteiger partial charge on any atom is -0.370 e. The van der Waals surface area contributed by atoms with E-state index in [2.05, 4.69) is 10.2 Å². The number of benzene rings is 2. The van der Waals surface area contributed by atoms with Gasteiger partial charge in [0, 0.05) is 12.2 Å². The van der Waals surface area contributed by atoms with Gasteiger partial charge in [-0.25, -0.2) is 4.39 Å². The number of hydrogen-bond acceptors (Lipinski definition) is 5. The number of morpholine rings is 1. The number of hydrogen-bond donors (Lipinski definition) is 0. The molecule has 3 aromatic rings. The van der Waals surface area contributed by atoms with Gasteiger partial charge in [0.15, 0.2) is 5.16 Å². The quantitative estimate of drug-likeness (QED) is 0.618. The molecule has 1 aliphatic rings. The van der Waals surface area contributed by atoms with Gasteiger partial charge in [0.05, 0.1) is 18.9 Å². The minimum absolute atomic E-state index is 0.0167. The van der Waals surface area contributed by atoms with E-state index in [0.29, 0.717) is 24.9 Å². The highest BCUT2D eigenvalue weighted by Gasteiger charge is 2.25. The first-order chi connectivity index (χ1) is 13.7. The summed E-state index contributed by atoms with van der Waals surface area (Å²) in [4.78, 5) is 14.5. The van der Waals surface area contributed by atoms with Crippen LogP contribution < -0.4 is 0 Å². The van der Waals surface area contributed by atoms with Crippen LogP contribution in [0.2, 0.25) is 0 Å². The molecule has 1 aromatic heterocycles. The van der Waals surface area contributed by atoms with Gasteiger partial charge in [0.2, 0.25) is 5.91 Å². The van der Waals surface area contributed by atoms with Crippen LogP contribution in [0.25, 0.3) is 5.69 Å². The fourth-order valence-electron chi connectivity index (χ4n) is 3.06. The van der Waals surface area contributed by atoms with E-state index in [-0.39, 0.29) is 23.6 Å². The molecule has 1 aliphatic heterocycles. The van der Waals surface area contributed by atoms with Crippen molar-refractivity contribution in [3.8, 4) is 5.69 Å². The van der Waals surface area contributed by atoms with Gasteiger partial charge >= 0.3 is 0 Å². The van der Waals surface area contributed by atoms with Crippen molar-refractivity contribution in [1.82, 2.24) is 19.7 Å². The SMILES string of the molecule is O=C(CSc1nncn1-c1ccccc1)N1CCOC(c2ccc(F)cc2)C1. The third-order valence-corrected chi connectivity index (χ3v) is 5.46. The zero-order valence-electron chi connectivity index (χ0n) is 15.1. The number of carbonyl (C=O) groups is 1. The van der Waals surface area contributed by atoms with E-state index in [1.165, 1.54) is 23.9 Å². The standard InChI is InChI=1S/C20H19FN4O2S/c21-16-8-6-15(7-9-16)18-12-24(10-11-27-18)19(26)13-28-20-23-22-14-25(20)17-4-2-1-3-5-17/h1-9,14,18H,10-13H2. The summed E-state index contributed by atoms with van der Waals surface area (Å²) < 4.78 is 20.7. The fourth-order valence-corrected chi connectivity index (χ4v) is 3.89. The van der Waals surface area contributed by atoms with Gasteiger partial charge in [0.1, 0.15) is 18.2 Å². The van der Waals surface area contributed by atoms with Crippen LogP contribution in [0.15, 0.2) is 66.1 Å². The molecule has 8 heteroatoms. The molecule has 1 fully saturated rings. The number of ether oxygens (including phenoxy) is 1. The maximum absolute atomic E-state index is 13.1. The van der Waals surface area contributed by atoms with Gasteiger partial charge in [-0.05, 0) is 29.8 Å². The van der Waals surface area contributed by atoms with E-state index in [4.69, 9.17) is 4.74 Å². The molecule has 28 heavy (non-hydrogen) atoms. The number of thioether (sulfide) groups is 1. The van der Waals surface area contributed by atoms with Crippen molar-refractivity contribution in [1.29, 1.82) is 0 Å². The summed E-state index contributed by atoms with van der Waals surface area (Å²) in [7, 11) is 0. The van der Waals surface area contributed by atoms with Gasteiger partial charge in [-0.15, -0.1) is 10.2 Å². The van der Waals surface area contributed by atoms with E-state index in [9.17, 15) is 9.18 Å². The number of nitrogens with zero attached hydrogens (tertiary/aromatic N) is 4. The number of para-hydroxylation sites is 1. The second-order valence-electron chi connectivity index (χ2n) is 6.36. The van der Waals surface area contributed by atoms with Crippen molar-refractivity contribution in [2.45, 2.75) is 11.3 Å². The van der Waals surface area contributed by atoms with Crippen molar-refractivity contribution < 1.29 is 13.9 Å². The third kappa shape index (κ3) is 4.23. The highest BCUT2D eigenvalue weighted by molar-refractivity contribution is 7.99. The van der Waals surface area contributed by atoms with Crippen molar-refractivity contribution in [2.75, 3.05) is 25.4 Å². The Morgan fingerprint density at radius 1 is 1.18 bits per heavy atom. The number of amides is 1. The minimum atomic E-state index is -0.286. The molecule has 6 nitrogen and oxygen atoms in total. The van der Waals surface area contributed by atoms with Crippen molar-refractivity contribution in [2.24, 2.45) is 0 Å². The maximum atomic E-state index is 13.1. The summed E-state index contributed by atoms with van der Waals surface area (Å²) in [6, 6.07) is 16.0. The normalized spacial score (nSPS) is 16.9. The van der Waals surface area contributed by atoms with Crippen LogP contribution in [0.3, 0.4) is 0 Å². The first-order valence-corrected chi connectivity index (χ1v) is 9.92. The van der Waals surface area contributed by atoms with Crippen LogP contribution in [0.1, 0.15) is 11.7 Å². The maximum Gasteiger partial charge on any atom is 0.233 e. The third-order valence-electron chi connectivity index (χ3n) is 4.54.